The van der Waals surface area contributed by atoms with Gasteiger partial charge in [0.25, 0.3) is 0 Å². The smallest absolute Gasteiger partial charge is 0.306 e. The van der Waals surface area contributed by atoms with Gasteiger partial charge < -0.3 is 14.2 Å². The molecule has 0 aromatic rings. The molecule has 0 aliphatic rings. The predicted molar refractivity (Wildman–Crippen MR) is 353 cm³/mol. The zero-order valence-corrected chi connectivity index (χ0v) is 53.3. The summed E-state index contributed by atoms with van der Waals surface area (Å²) in [4.78, 5) is 38.3. The molecular formula is C75H128O6. The molecule has 1 atom stereocenters. The molecule has 0 heterocycles. The van der Waals surface area contributed by atoms with Crippen LogP contribution >= 0.6 is 0 Å². The Morgan fingerprint density at radius 2 is 0.494 bits per heavy atom. The van der Waals surface area contributed by atoms with E-state index < -0.39 is 6.10 Å². The molecule has 6 heteroatoms. The van der Waals surface area contributed by atoms with Gasteiger partial charge in [-0.25, -0.2) is 0 Å². The van der Waals surface area contributed by atoms with Crippen LogP contribution < -0.4 is 0 Å². The Morgan fingerprint density at radius 1 is 0.259 bits per heavy atom. The molecule has 464 valence electrons. The SMILES string of the molecule is CC/C=C\C/C=C\C/C=C\C/C=C\C/C=C\C/C=C\C/C=C\CCCC(=O)OC(COC(=O)CCCCCCCCCCCCC)COC(=O)CCCCCCCCCCCCCCCCCCC/C=C\C/C=C\CCCCCCC. The van der Waals surface area contributed by atoms with Gasteiger partial charge in [0.1, 0.15) is 13.2 Å². The summed E-state index contributed by atoms with van der Waals surface area (Å²) in [5.41, 5.74) is 0. The highest BCUT2D eigenvalue weighted by atomic mass is 16.6. The minimum atomic E-state index is -0.809. The fourth-order valence-corrected chi connectivity index (χ4v) is 9.64. The van der Waals surface area contributed by atoms with Gasteiger partial charge in [-0.2, -0.15) is 0 Å². The Morgan fingerprint density at radius 3 is 0.790 bits per heavy atom. The van der Waals surface area contributed by atoms with Crippen LogP contribution in [0, 0.1) is 0 Å². The molecule has 0 spiro atoms. The molecule has 0 saturated heterocycles. The Balaban J connectivity index is 4.29. The first-order valence-electron chi connectivity index (χ1n) is 34.4. The highest BCUT2D eigenvalue weighted by molar-refractivity contribution is 5.71. The van der Waals surface area contributed by atoms with Gasteiger partial charge >= 0.3 is 17.9 Å². The third kappa shape index (κ3) is 66.8. The largest absolute Gasteiger partial charge is 0.462 e. The number of ether oxygens (including phenoxy) is 3. The summed E-state index contributed by atoms with van der Waals surface area (Å²) in [6.45, 7) is 6.49. The normalized spacial score (nSPS) is 12.8. The molecule has 0 rings (SSSR count). The number of carbonyl (C=O) groups is 3. The number of hydrogen-bond donors (Lipinski definition) is 0. The number of hydrogen-bond acceptors (Lipinski definition) is 6. The van der Waals surface area contributed by atoms with Crippen LogP contribution in [0.15, 0.2) is 109 Å². The third-order valence-corrected chi connectivity index (χ3v) is 14.8. The molecule has 0 amide bonds. The molecule has 1 unspecified atom stereocenters. The second-order valence-electron chi connectivity index (χ2n) is 22.7. The molecule has 81 heavy (non-hydrogen) atoms. The number of allylic oxidation sites excluding steroid dienone is 18. The first kappa shape index (κ1) is 77.1. The van der Waals surface area contributed by atoms with E-state index in [1.54, 1.807) is 0 Å². The van der Waals surface area contributed by atoms with Crippen molar-refractivity contribution in [2.45, 2.75) is 335 Å². The lowest BCUT2D eigenvalue weighted by atomic mass is 10.0. The van der Waals surface area contributed by atoms with Crippen LogP contribution in [0.3, 0.4) is 0 Å². The van der Waals surface area contributed by atoms with Crippen molar-refractivity contribution in [1.29, 1.82) is 0 Å². The van der Waals surface area contributed by atoms with Gasteiger partial charge in [-0.3, -0.25) is 14.4 Å². The second-order valence-corrected chi connectivity index (χ2v) is 22.7. The first-order chi connectivity index (χ1) is 40.0. The summed E-state index contributed by atoms with van der Waals surface area (Å²) in [6.07, 6.45) is 94.1. The molecule has 0 bridgehead atoms. The Kier molecular flexibility index (Phi) is 65.2. The van der Waals surface area contributed by atoms with Gasteiger partial charge in [0, 0.05) is 19.3 Å². The fraction of sp³-hybridized carbons (Fsp3) is 0.720. The Hall–Kier alpha value is -3.93. The minimum Gasteiger partial charge on any atom is -0.462 e. The molecule has 6 nitrogen and oxygen atoms in total. The summed E-state index contributed by atoms with van der Waals surface area (Å²) >= 11 is 0. The summed E-state index contributed by atoms with van der Waals surface area (Å²) in [7, 11) is 0. The standard InChI is InChI=1S/C75H128O6/c1-4-7-10-13-16-19-22-24-26-28-30-32-34-35-36-37-38-39-41-42-44-46-48-50-53-56-59-62-65-68-74(77)80-71-72(70-79-73(76)67-64-61-58-55-52-21-18-15-12-9-6-3)81-75(78)69-66-63-60-57-54-51-49-47-45-43-40-33-31-29-27-25-23-20-17-14-11-8-5-2/h8,11,17,20,22,24-25,27-28,30-31,33,43,45,49,51,57,60,72H,4-7,9-10,12-16,18-19,21,23,26,29,32,34-42,44,46-48,50,52-56,58-59,61-71H2,1-3H3/b11-8-,20-17-,24-22-,27-25-,30-28-,33-31-,45-43-,51-49-,60-57-. The molecule has 0 saturated carbocycles. The van der Waals surface area contributed by atoms with E-state index in [0.717, 1.165) is 96.3 Å². The molecule has 0 fully saturated rings. The molecule has 0 aromatic heterocycles. The van der Waals surface area contributed by atoms with E-state index in [4.69, 9.17) is 14.2 Å². The van der Waals surface area contributed by atoms with Gasteiger partial charge in [0.15, 0.2) is 6.10 Å². The maximum absolute atomic E-state index is 12.9. The van der Waals surface area contributed by atoms with Gasteiger partial charge in [0.05, 0.1) is 0 Å². The molecule has 0 aliphatic carbocycles. The average Bonchev–Trinajstić information content (AvgIpc) is 3.47. The molecule has 0 N–H and O–H groups in total. The lowest BCUT2D eigenvalue weighted by Gasteiger charge is -2.18. The zero-order chi connectivity index (χ0) is 58.5. The van der Waals surface area contributed by atoms with Crippen molar-refractivity contribution in [3.8, 4) is 0 Å². The second kappa shape index (κ2) is 68.6. The molecule has 0 aliphatic heterocycles. The summed E-state index contributed by atoms with van der Waals surface area (Å²) in [5, 5.41) is 0. The molecule has 0 aromatic carbocycles. The van der Waals surface area contributed by atoms with E-state index in [9.17, 15) is 14.4 Å². The number of esters is 3. The van der Waals surface area contributed by atoms with Crippen molar-refractivity contribution in [3.63, 3.8) is 0 Å². The first-order valence-corrected chi connectivity index (χ1v) is 34.4. The Labute approximate surface area is 501 Å². The van der Waals surface area contributed by atoms with Crippen LogP contribution in [-0.2, 0) is 28.6 Å². The fourth-order valence-electron chi connectivity index (χ4n) is 9.64. The number of rotatable bonds is 62. The highest BCUT2D eigenvalue weighted by Crippen LogP contribution is 2.17. The topological polar surface area (TPSA) is 78.9 Å². The van der Waals surface area contributed by atoms with Crippen molar-refractivity contribution >= 4 is 17.9 Å². The van der Waals surface area contributed by atoms with E-state index in [1.165, 1.54) is 186 Å². The maximum atomic E-state index is 12.9. The monoisotopic (exact) mass is 1120 g/mol. The van der Waals surface area contributed by atoms with E-state index in [2.05, 4.69) is 130 Å². The maximum Gasteiger partial charge on any atom is 0.306 e. The van der Waals surface area contributed by atoms with Gasteiger partial charge in [-0.1, -0.05) is 316 Å². The van der Waals surface area contributed by atoms with Crippen molar-refractivity contribution in [1.82, 2.24) is 0 Å². The number of unbranched alkanes of at least 4 members (excludes halogenated alkanes) is 33. The van der Waals surface area contributed by atoms with Crippen LogP contribution in [0.25, 0.3) is 0 Å². The van der Waals surface area contributed by atoms with Crippen molar-refractivity contribution < 1.29 is 28.6 Å². The lowest BCUT2D eigenvalue weighted by molar-refractivity contribution is -0.167. The van der Waals surface area contributed by atoms with Gasteiger partial charge in [-0.05, 0) is 103 Å². The van der Waals surface area contributed by atoms with Crippen LogP contribution in [0.2, 0.25) is 0 Å². The average molecular weight is 1130 g/mol. The third-order valence-electron chi connectivity index (χ3n) is 14.8. The van der Waals surface area contributed by atoms with E-state index in [0.29, 0.717) is 19.3 Å². The quantitative estimate of drug-likeness (QED) is 0.0261. The summed E-state index contributed by atoms with van der Waals surface area (Å²) in [5.74, 6) is -0.948. The summed E-state index contributed by atoms with van der Waals surface area (Å²) in [6, 6.07) is 0. The van der Waals surface area contributed by atoms with Gasteiger partial charge in [0.2, 0.25) is 0 Å². The lowest BCUT2D eigenvalue weighted by Crippen LogP contribution is -2.30. The van der Waals surface area contributed by atoms with E-state index >= 15 is 0 Å². The van der Waals surface area contributed by atoms with E-state index in [1.807, 2.05) is 0 Å². The Bertz CT molecular complexity index is 1620. The van der Waals surface area contributed by atoms with E-state index in [-0.39, 0.29) is 37.5 Å². The predicted octanol–water partition coefficient (Wildman–Crippen LogP) is 23.8. The van der Waals surface area contributed by atoms with Crippen LogP contribution in [0.5, 0.6) is 0 Å². The number of carbonyl (C=O) groups excluding carboxylic acids is 3. The van der Waals surface area contributed by atoms with Crippen LogP contribution in [0.4, 0.5) is 0 Å². The van der Waals surface area contributed by atoms with Crippen LogP contribution in [-0.4, -0.2) is 37.2 Å². The van der Waals surface area contributed by atoms with Crippen molar-refractivity contribution in [2.24, 2.45) is 0 Å². The molecule has 0 radical (unpaired) electrons. The summed E-state index contributed by atoms with van der Waals surface area (Å²) < 4.78 is 16.9. The zero-order valence-electron chi connectivity index (χ0n) is 53.3. The highest BCUT2D eigenvalue weighted by Gasteiger charge is 2.19. The van der Waals surface area contributed by atoms with Crippen molar-refractivity contribution in [3.05, 3.63) is 109 Å². The van der Waals surface area contributed by atoms with Gasteiger partial charge in [-0.15, -0.1) is 0 Å². The minimum absolute atomic E-state index is 0.0986. The van der Waals surface area contributed by atoms with Crippen LogP contribution in [0.1, 0.15) is 329 Å². The molecular weight excluding hydrogens is 997 g/mol. The van der Waals surface area contributed by atoms with Crippen molar-refractivity contribution in [2.75, 3.05) is 13.2 Å².